The topological polar surface area (TPSA) is 27.6 Å². The van der Waals surface area contributed by atoms with E-state index in [-0.39, 0.29) is 11.9 Å². The van der Waals surface area contributed by atoms with Crippen LogP contribution >= 0.6 is 0 Å². The summed E-state index contributed by atoms with van der Waals surface area (Å²) in [7, 11) is 2.12. The monoisotopic (exact) mass is 233 g/mol. The molecule has 90 valence electrons. The van der Waals surface area contributed by atoms with Gasteiger partial charge in [0.05, 0.1) is 6.04 Å². The Morgan fingerprint density at radius 3 is 3.18 bits per heavy atom. The van der Waals surface area contributed by atoms with Crippen molar-refractivity contribution in [3.63, 3.8) is 0 Å². The van der Waals surface area contributed by atoms with E-state index in [1.807, 2.05) is 6.07 Å². The van der Waals surface area contributed by atoms with Gasteiger partial charge in [-0.05, 0) is 24.7 Å². The first-order chi connectivity index (χ1) is 8.24. The third kappa shape index (κ3) is 1.93. The molecule has 2 aliphatic rings. The standard InChI is InChI=1S/C13H16FN3/c1-17-6-5-12-11(8-17)13(16-15-12)9-3-2-4-10(14)7-9/h2-4,7,11,13,16H,5-6,8H2,1H3. The van der Waals surface area contributed by atoms with Crippen LogP contribution in [0.15, 0.2) is 29.4 Å². The molecule has 2 heterocycles. The van der Waals surface area contributed by atoms with Gasteiger partial charge in [-0.15, -0.1) is 0 Å². The molecule has 1 N–H and O–H groups in total. The summed E-state index contributed by atoms with van der Waals surface area (Å²) in [5.74, 6) is 0.206. The Morgan fingerprint density at radius 1 is 1.47 bits per heavy atom. The summed E-state index contributed by atoms with van der Waals surface area (Å²) in [4.78, 5) is 2.31. The van der Waals surface area contributed by atoms with Crippen LogP contribution in [0.5, 0.6) is 0 Å². The lowest BCUT2D eigenvalue weighted by Crippen LogP contribution is -2.39. The summed E-state index contributed by atoms with van der Waals surface area (Å²) in [6, 6.07) is 6.94. The van der Waals surface area contributed by atoms with Crippen LogP contribution < -0.4 is 5.43 Å². The molecule has 1 fully saturated rings. The van der Waals surface area contributed by atoms with E-state index in [1.54, 1.807) is 12.1 Å². The second kappa shape index (κ2) is 4.11. The van der Waals surface area contributed by atoms with Gasteiger partial charge in [0.15, 0.2) is 0 Å². The number of hydrogen-bond acceptors (Lipinski definition) is 3. The lowest BCUT2D eigenvalue weighted by molar-refractivity contribution is 0.272. The molecular formula is C13H16FN3. The highest BCUT2D eigenvalue weighted by molar-refractivity contribution is 5.89. The van der Waals surface area contributed by atoms with Crippen molar-refractivity contribution in [1.82, 2.24) is 10.3 Å². The zero-order valence-corrected chi connectivity index (χ0v) is 9.86. The predicted octanol–water partition coefficient (Wildman–Crippen LogP) is 1.78. The van der Waals surface area contributed by atoms with Gasteiger partial charge in [-0.2, -0.15) is 5.10 Å². The first-order valence-corrected chi connectivity index (χ1v) is 6.00. The summed E-state index contributed by atoms with van der Waals surface area (Å²) >= 11 is 0. The maximum Gasteiger partial charge on any atom is 0.123 e. The molecular weight excluding hydrogens is 217 g/mol. The van der Waals surface area contributed by atoms with Gasteiger partial charge in [-0.3, -0.25) is 0 Å². The number of benzene rings is 1. The van der Waals surface area contributed by atoms with E-state index in [1.165, 1.54) is 11.8 Å². The highest BCUT2D eigenvalue weighted by atomic mass is 19.1. The van der Waals surface area contributed by atoms with Crippen molar-refractivity contribution in [2.24, 2.45) is 11.0 Å². The van der Waals surface area contributed by atoms with E-state index in [4.69, 9.17) is 0 Å². The average molecular weight is 233 g/mol. The average Bonchev–Trinajstić information content (AvgIpc) is 2.71. The Kier molecular flexibility index (Phi) is 2.59. The zero-order chi connectivity index (χ0) is 11.8. The number of likely N-dealkylation sites (tertiary alicyclic amines) is 1. The molecule has 4 heteroatoms. The number of piperidine rings is 1. The molecule has 2 unspecified atom stereocenters. The number of halogens is 1. The lowest BCUT2D eigenvalue weighted by atomic mass is 9.86. The fraction of sp³-hybridized carbons (Fsp3) is 0.462. The fourth-order valence-corrected chi connectivity index (χ4v) is 2.71. The van der Waals surface area contributed by atoms with E-state index < -0.39 is 0 Å². The van der Waals surface area contributed by atoms with Crippen molar-refractivity contribution in [2.45, 2.75) is 12.5 Å². The Labute approximate surface area is 100 Å². The number of fused-ring (bicyclic) bond motifs is 1. The summed E-state index contributed by atoms with van der Waals surface area (Å²) in [5, 5.41) is 4.40. The summed E-state index contributed by atoms with van der Waals surface area (Å²) in [5.41, 5.74) is 5.38. The maximum atomic E-state index is 13.2. The minimum absolute atomic E-state index is 0.128. The molecule has 17 heavy (non-hydrogen) atoms. The quantitative estimate of drug-likeness (QED) is 0.800. The minimum atomic E-state index is -0.179. The van der Waals surface area contributed by atoms with E-state index in [0.717, 1.165) is 25.1 Å². The molecule has 0 aromatic heterocycles. The maximum absolute atomic E-state index is 13.2. The molecule has 3 nitrogen and oxygen atoms in total. The SMILES string of the molecule is CN1CCC2=NNC(c3cccc(F)c3)C2C1. The zero-order valence-electron chi connectivity index (χ0n) is 9.86. The highest BCUT2D eigenvalue weighted by Gasteiger charge is 2.35. The molecule has 0 aliphatic carbocycles. The van der Waals surface area contributed by atoms with Gasteiger partial charge < -0.3 is 10.3 Å². The number of nitrogens with one attached hydrogen (secondary N) is 1. The van der Waals surface area contributed by atoms with Crippen LogP contribution in [0.3, 0.4) is 0 Å². The molecule has 0 spiro atoms. The van der Waals surface area contributed by atoms with Gasteiger partial charge in [-0.25, -0.2) is 4.39 Å². The second-order valence-corrected chi connectivity index (χ2v) is 4.88. The first-order valence-electron chi connectivity index (χ1n) is 6.00. The number of nitrogens with zero attached hydrogens (tertiary/aromatic N) is 2. The normalized spacial score (nSPS) is 28.5. The number of hydrazone groups is 1. The third-order valence-corrected chi connectivity index (χ3v) is 3.64. The Hall–Kier alpha value is -1.42. The van der Waals surface area contributed by atoms with Crippen LogP contribution in [-0.2, 0) is 0 Å². The van der Waals surface area contributed by atoms with Crippen LogP contribution in [0.4, 0.5) is 4.39 Å². The molecule has 3 rings (SSSR count). The van der Waals surface area contributed by atoms with Crippen LogP contribution in [0.1, 0.15) is 18.0 Å². The van der Waals surface area contributed by atoms with Gasteiger partial charge in [0, 0.05) is 31.1 Å². The lowest BCUT2D eigenvalue weighted by Gasteiger charge is -2.30. The number of hydrogen-bond donors (Lipinski definition) is 1. The van der Waals surface area contributed by atoms with Crippen LogP contribution in [0, 0.1) is 11.7 Å². The van der Waals surface area contributed by atoms with Crippen LogP contribution in [-0.4, -0.2) is 30.7 Å². The predicted molar refractivity (Wildman–Crippen MR) is 65.3 cm³/mol. The highest BCUT2D eigenvalue weighted by Crippen LogP contribution is 2.32. The first kappa shape index (κ1) is 10.7. The van der Waals surface area contributed by atoms with Crippen molar-refractivity contribution in [3.8, 4) is 0 Å². The smallest absolute Gasteiger partial charge is 0.123 e. The van der Waals surface area contributed by atoms with Crippen molar-refractivity contribution in [2.75, 3.05) is 20.1 Å². The van der Waals surface area contributed by atoms with Crippen molar-refractivity contribution >= 4 is 5.71 Å². The van der Waals surface area contributed by atoms with Gasteiger partial charge in [0.2, 0.25) is 0 Å². The molecule has 2 atom stereocenters. The molecule has 0 saturated carbocycles. The minimum Gasteiger partial charge on any atom is -0.305 e. The van der Waals surface area contributed by atoms with Crippen molar-refractivity contribution in [1.29, 1.82) is 0 Å². The molecule has 1 saturated heterocycles. The molecule has 1 aromatic carbocycles. The van der Waals surface area contributed by atoms with E-state index in [9.17, 15) is 4.39 Å². The summed E-state index contributed by atoms with van der Waals surface area (Å²) < 4.78 is 13.2. The van der Waals surface area contributed by atoms with Crippen LogP contribution in [0.2, 0.25) is 0 Å². The van der Waals surface area contributed by atoms with Crippen molar-refractivity contribution < 1.29 is 4.39 Å². The molecule has 2 aliphatic heterocycles. The van der Waals surface area contributed by atoms with Crippen LogP contribution in [0.25, 0.3) is 0 Å². The Balaban J connectivity index is 1.86. The third-order valence-electron chi connectivity index (χ3n) is 3.64. The number of rotatable bonds is 1. The molecule has 1 aromatic rings. The van der Waals surface area contributed by atoms with Crippen molar-refractivity contribution in [3.05, 3.63) is 35.6 Å². The largest absolute Gasteiger partial charge is 0.305 e. The van der Waals surface area contributed by atoms with Gasteiger partial charge in [0.25, 0.3) is 0 Å². The van der Waals surface area contributed by atoms with Gasteiger partial charge in [0.1, 0.15) is 5.82 Å². The van der Waals surface area contributed by atoms with Gasteiger partial charge in [-0.1, -0.05) is 12.1 Å². The molecule has 0 radical (unpaired) electrons. The van der Waals surface area contributed by atoms with E-state index in [0.29, 0.717) is 5.92 Å². The molecule has 0 bridgehead atoms. The second-order valence-electron chi connectivity index (χ2n) is 4.88. The Morgan fingerprint density at radius 2 is 2.35 bits per heavy atom. The Bertz CT molecular complexity index is 458. The van der Waals surface area contributed by atoms with E-state index >= 15 is 0 Å². The van der Waals surface area contributed by atoms with Gasteiger partial charge >= 0.3 is 0 Å². The fourth-order valence-electron chi connectivity index (χ4n) is 2.71. The summed E-state index contributed by atoms with van der Waals surface area (Å²) in [6.07, 6.45) is 1.01. The summed E-state index contributed by atoms with van der Waals surface area (Å²) in [6.45, 7) is 2.06. The molecule has 0 amide bonds. The van der Waals surface area contributed by atoms with E-state index in [2.05, 4.69) is 22.5 Å².